The fraction of sp³-hybridized carbons (Fsp3) is 0.556. The highest BCUT2D eigenvalue weighted by Gasteiger charge is 2.58. The van der Waals surface area contributed by atoms with Crippen LogP contribution in [0.25, 0.3) is 0 Å². The summed E-state index contributed by atoms with van der Waals surface area (Å²) in [5.74, 6) is -0.694. The van der Waals surface area contributed by atoms with E-state index in [-0.39, 0.29) is 19.5 Å². The number of aliphatic hydroxyl groups excluding tert-OH is 1. The summed E-state index contributed by atoms with van der Waals surface area (Å²) in [6.07, 6.45) is -2.45. The molecule has 0 radical (unpaired) electrons. The second kappa shape index (κ2) is 11.9. The molecule has 0 spiro atoms. The Morgan fingerprint density at radius 2 is 1.54 bits per heavy atom. The van der Waals surface area contributed by atoms with Crippen LogP contribution in [0.3, 0.4) is 0 Å². The second-order valence-corrected chi connectivity index (χ2v) is 9.46. The van der Waals surface area contributed by atoms with E-state index in [1.54, 1.807) is 7.11 Å². The highest BCUT2D eigenvalue weighted by Crippen LogP contribution is 2.41. The van der Waals surface area contributed by atoms with Gasteiger partial charge >= 0.3 is 0 Å². The van der Waals surface area contributed by atoms with Crippen molar-refractivity contribution < 1.29 is 38.3 Å². The number of benzene rings is 2. The molecule has 0 saturated carbocycles. The summed E-state index contributed by atoms with van der Waals surface area (Å²) in [5.41, 5.74) is 0.954. The lowest BCUT2D eigenvalue weighted by Crippen LogP contribution is -2.51. The van der Waals surface area contributed by atoms with Gasteiger partial charge < -0.3 is 38.3 Å². The van der Waals surface area contributed by atoms with Gasteiger partial charge in [0.05, 0.1) is 32.5 Å². The zero-order valence-electron chi connectivity index (χ0n) is 20.6. The topological polar surface area (TPSA) is 84.8 Å². The largest absolute Gasteiger partial charge is 0.368 e. The first kappa shape index (κ1) is 26.2. The first-order valence-electron chi connectivity index (χ1n) is 12.0. The predicted molar refractivity (Wildman–Crippen MR) is 127 cm³/mol. The van der Waals surface area contributed by atoms with Gasteiger partial charge in [0.15, 0.2) is 12.1 Å². The Hall–Kier alpha value is -1.88. The number of aliphatic hydroxyl groups is 1. The highest BCUT2D eigenvalue weighted by molar-refractivity contribution is 5.15. The lowest BCUT2D eigenvalue weighted by atomic mass is 9.89. The lowest BCUT2D eigenvalue weighted by Gasteiger charge is -2.36. The van der Waals surface area contributed by atoms with Crippen LogP contribution in [-0.2, 0) is 46.4 Å². The van der Waals surface area contributed by atoms with Crippen molar-refractivity contribution >= 4 is 0 Å². The highest BCUT2D eigenvalue weighted by atomic mass is 16.7. The second-order valence-electron chi connectivity index (χ2n) is 9.46. The Balaban J connectivity index is 1.57. The molecule has 0 aliphatic carbocycles. The summed E-state index contributed by atoms with van der Waals surface area (Å²) >= 11 is 0. The van der Waals surface area contributed by atoms with Gasteiger partial charge in [0, 0.05) is 13.5 Å². The van der Waals surface area contributed by atoms with E-state index >= 15 is 0 Å². The molecule has 1 N–H and O–H groups in total. The van der Waals surface area contributed by atoms with Crippen LogP contribution >= 0.6 is 0 Å². The third kappa shape index (κ3) is 6.87. The third-order valence-electron chi connectivity index (χ3n) is 6.20. The van der Waals surface area contributed by atoms with E-state index in [0.29, 0.717) is 26.2 Å². The fourth-order valence-electron chi connectivity index (χ4n) is 4.65. The maximum atomic E-state index is 11.0. The number of ether oxygens (including phenoxy) is 7. The number of methoxy groups -OCH3 is 1. The van der Waals surface area contributed by atoms with Crippen LogP contribution in [0.5, 0.6) is 0 Å². The van der Waals surface area contributed by atoms with E-state index in [9.17, 15) is 5.11 Å². The normalized spacial score (nSPS) is 30.1. The molecule has 2 aromatic rings. The van der Waals surface area contributed by atoms with Crippen LogP contribution in [0, 0.1) is 0 Å². The minimum atomic E-state index is -1.21. The van der Waals surface area contributed by atoms with Gasteiger partial charge in [-0.25, -0.2) is 0 Å². The minimum Gasteiger partial charge on any atom is -0.368 e. The molecule has 2 unspecified atom stereocenters. The quantitative estimate of drug-likeness (QED) is 0.360. The van der Waals surface area contributed by atoms with Gasteiger partial charge in [-0.15, -0.1) is 0 Å². The van der Waals surface area contributed by atoms with Crippen LogP contribution in [0.1, 0.15) is 31.4 Å². The maximum Gasteiger partial charge on any atom is 0.184 e. The van der Waals surface area contributed by atoms with Crippen LogP contribution in [0.2, 0.25) is 0 Å². The van der Waals surface area contributed by atoms with Crippen LogP contribution in [0.15, 0.2) is 60.7 Å². The molecule has 35 heavy (non-hydrogen) atoms. The molecular weight excluding hydrogens is 452 g/mol. The summed E-state index contributed by atoms with van der Waals surface area (Å²) in [5, 5.41) is 11.0. The van der Waals surface area contributed by atoms with E-state index in [4.69, 9.17) is 33.2 Å². The molecule has 0 bridgehead atoms. The van der Waals surface area contributed by atoms with Crippen LogP contribution < -0.4 is 0 Å². The molecule has 0 amide bonds. The van der Waals surface area contributed by atoms with Gasteiger partial charge in [0.25, 0.3) is 0 Å². The van der Waals surface area contributed by atoms with Gasteiger partial charge in [-0.05, 0) is 25.0 Å². The van der Waals surface area contributed by atoms with Crippen molar-refractivity contribution in [3.05, 3.63) is 71.8 Å². The Bertz CT molecular complexity index is 893. The summed E-state index contributed by atoms with van der Waals surface area (Å²) in [6.45, 7) is 4.99. The van der Waals surface area contributed by atoms with Crippen LogP contribution in [-0.4, -0.2) is 68.2 Å². The molecule has 2 aliphatic rings. The van der Waals surface area contributed by atoms with E-state index in [1.165, 1.54) is 0 Å². The van der Waals surface area contributed by atoms with Crippen molar-refractivity contribution in [1.29, 1.82) is 0 Å². The monoisotopic (exact) mass is 488 g/mol. The first-order valence-corrected chi connectivity index (χ1v) is 12.0. The minimum absolute atomic E-state index is 0.0790. The SMILES string of the molecule is COCOC[C@@]1(CC2COC(C)(C)O2)OC(O)[C@H](OCc2ccccc2)[C@H]1OCc1ccccc1. The molecular formula is C27H36O8. The Morgan fingerprint density at radius 1 is 0.914 bits per heavy atom. The zero-order chi connectivity index (χ0) is 24.7. The Morgan fingerprint density at radius 3 is 2.11 bits per heavy atom. The van der Waals surface area contributed by atoms with Gasteiger partial charge in [0.2, 0.25) is 0 Å². The molecule has 2 fully saturated rings. The van der Waals surface area contributed by atoms with E-state index in [0.717, 1.165) is 11.1 Å². The number of hydrogen-bond acceptors (Lipinski definition) is 8. The van der Waals surface area contributed by atoms with E-state index in [1.807, 2.05) is 74.5 Å². The standard InChI is InChI=1S/C27H36O8/c1-26(2)33-17-22(34-26)14-27(18-30-19-29-3)24(32-16-21-12-8-5-9-13-21)23(25(28)35-27)31-15-20-10-6-4-7-11-20/h4-13,22-25,28H,14-19H2,1-3H3/t22?,23-,24-,25?,27-/m1/s1. The van der Waals surface area contributed by atoms with E-state index < -0.39 is 29.9 Å². The van der Waals surface area contributed by atoms with Gasteiger partial charge in [0.1, 0.15) is 24.6 Å². The lowest BCUT2D eigenvalue weighted by molar-refractivity contribution is -0.212. The summed E-state index contributed by atoms with van der Waals surface area (Å²) in [4.78, 5) is 0. The molecule has 8 nitrogen and oxygen atoms in total. The molecule has 4 rings (SSSR count). The van der Waals surface area contributed by atoms with Crippen molar-refractivity contribution in [1.82, 2.24) is 0 Å². The number of rotatable bonds is 12. The maximum absolute atomic E-state index is 11.0. The molecule has 2 aliphatic heterocycles. The van der Waals surface area contributed by atoms with Gasteiger partial charge in [-0.1, -0.05) is 60.7 Å². The van der Waals surface area contributed by atoms with Crippen molar-refractivity contribution in [3.8, 4) is 0 Å². The van der Waals surface area contributed by atoms with Crippen molar-refractivity contribution in [3.63, 3.8) is 0 Å². The van der Waals surface area contributed by atoms with Gasteiger partial charge in [-0.3, -0.25) is 0 Å². The average Bonchev–Trinajstić information content (AvgIpc) is 3.32. The molecule has 192 valence electrons. The fourth-order valence-corrected chi connectivity index (χ4v) is 4.65. The summed E-state index contributed by atoms with van der Waals surface area (Å²) in [7, 11) is 1.56. The molecule has 2 saturated heterocycles. The predicted octanol–water partition coefficient (Wildman–Crippen LogP) is 3.41. The Labute approximate surface area is 207 Å². The molecule has 0 aromatic heterocycles. The molecule has 2 aromatic carbocycles. The molecule has 2 heterocycles. The van der Waals surface area contributed by atoms with E-state index in [2.05, 4.69) is 0 Å². The van der Waals surface area contributed by atoms with Crippen molar-refractivity contribution in [2.75, 3.05) is 27.1 Å². The summed E-state index contributed by atoms with van der Waals surface area (Å²) in [6, 6.07) is 19.7. The summed E-state index contributed by atoms with van der Waals surface area (Å²) < 4.78 is 41.6. The smallest absolute Gasteiger partial charge is 0.184 e. The molecule has 5 atom stereocenters. The van der Waals surface area contributed by atoms with Crippen LogP contribution in [0.4, 0.5) is 0 Å². The van der Waals surface area contributed by atoms with Crippen molar-refractivity contribution in [2.24, 2.45) is 0 Å². The number of hydrogen-bond donors (Lipinski definition) is 1. The Kier molecular flexibility index (Phi) is 8.91. The third-order valence-corrected chi connectivity index (χ3v) is 6.20. The van der Waals surface area contributed by atoms with Crippen molar-refractivity contribution in [2.45, 2.75) is 69.5 Å². The first-order chi connectivity index (χ1) is 16.9. The van der Waals surface area contributed by atoms with Gasteiger partial charge in [-0.2, -0.15) is 0 Å². The molecule has 8 heteroatoms. The average molecular weight is 489 g/mol. The zero-order valence-corrected chi connectivity index (χ0v) is 20.6.